The van der Waals surface area contributed by atoms with Gasteiger partial charge < -0.3 is 14.8 Å². The van der Waals surface area contributed by atoms with Gasteiger partial charge >= 0.3 is 0 Å². The van der Waals surface area contributed by atoms with Crippen LogP contribution in [0.2, 0.25) is 0 Å². The summed E-state index contributed by atoms with van der Waals surface area (Å²) in [6, 6.07) is 11.7. The summed E-state index contributed by atoms with van der Waals surface area (Å²) >= 11 is 0. The summed E-state index contributed by atoms with van der Waals surface area (Å²) in [5, 5.41) is 3.11. The number of rotatable bonds is 3. The maximum atomic E-state index is 12.7. The van der Waals surface area contributed by atoms with Gasteiger partial charge in [-0.1, -0.05) is 23.8 Å². The zero-order valence-electron chi connectivity index (χ0n) is 13.9. The largest absolute Gasteiger partial charge is 0.454 e. The molecule has 0 atom stereocenters. The van der Waals surface area contributed by atoms with E-state index in [1.54, 1.807) is 0 Å². The van der Waals surface area contributed by atoms with E-state index >= 15 is 0 Å². The molecule has 1 N–H and O–H groups in total. The second-order valence-corrected chi connectivity index (χ2v) is 6.47. The number of benzene rings is 2. The monoisotopic (exact) mass is 311 g/mol. The van der Waals surface area contributed by atoms with Crippen LogP contribution >= 0.6 is 0 Å². The van der Waals surface area contributed by atoms with Gasteiger partial charge in [0.1, 0.15) is 0 Å². The van der Waals surface area contributed by atoms with E-state index in [1.165, 1.54) is 0 Å². The molecule has 0 spiro atoms. The average molecular weight is 311 g/mol. The van der Waals surface area contributed by atoms with E-state index in [4.69, 9.17) is 9.47 Å². The molecule has 0 bridgehead atoms. The van der Waals surface area contributed by atoms with Gasteiger partial charge in [-0.15, -0.1) is 0 Å². The van der Waals surface area contributed by atoms with Crippen LogP contribution in [-0.4, -0.2) is 12.7 Å². The van der Waals surface area contributed by atoms with Gasteiger partial charge in [0.25, 0.3) is 5.91 Å². The summed E-state index contributed by atoms with van der Waals surface area (Å²) in [6.07, 6.45) is 0. The summed E-state index contributed by atoms with van der Waals surface area (Å²) in [7, 11) is 0. The van der Waals surface area contributed by atoms with E-state index in [1.807, 2.05) is 64.1 Å². The summed E-state index contributed by atoms with van der Waals surface area (Å²) in [4.78, 5) is 12.7. The molecule has 1 aliphatic rings. The Morgan fingerprint density at radius 1 is 1.04 bits per heavy atom. The Balaban J connectivity index is 1.85. The SMILES string of the molecule is Cc1ccc(C)c(C(=O)NC(C)(C)c2ccc3c(c2)OCO3)c1. The van der Waals surface area contributed by atoms with Crippen LogP contribution in [0, 0.1) is 13.8 Å². The Labute approximate surface area is 136 Å². The van der Waals surface area contributed by atoms with Gasteiger partial charge in [0.15, 0.2) is 11.5 Å². The molecule has 2 aromatic rings. The first-order chi connectivity index (χ1) is 10.9. The van der Waals surface area contributed by atoms with Crippen LogP contribution in [0.25, 0.3) is 0 Å². The minimum atomic E-state index is -0.520. The highest BCUT2D eigenvalue weighted by atomic mass is 16.7. The number of carbonyl (C=O) groups excluding carboxylic acids is 1. The molecular weight excluding hydrogens is 290 g/mol. The molecule has 1 amide bonds. The molecule has 0 radical (unpaired) electrons. The van der Waals surface area contributed by atoms with Gasteiger partial charge in [-0.25, -0.2) is 0 Å². The maximum absolute atomic E-state index is 12.7. The number of aryl methyl sites for hydroxylation is 2. The van der Waals surface area contributed by atoms with Crippen molar-refractivity contribution in [2.24, 2.45) is 0 Å². The van der Waals surface area contributed by atoms with Crippen molar-refractivity contribution in [3.8, 4) is 11.5 Å². The number of amides is 1. The first-order valence-corrected chi connectivity index (χ1v) is 7.67. The Hall–Kier alpha value is -2.49. The van der Waals surface area contributed by atoms with Gasteiger partial charge in [0, 0.05) is 5.56 Å². The standard InChI is InChI=1S/C19H21NO3/c1-12-5-6-13(2)15(9-12)18(21)20-19(3,4)14-7-8-16-17(10-14)23-11-22-16/h5-10H,11H2,1-4H3,(H,20,21). The molecule has 0 saturated carbocycles. The lowest BCUT2D eigenvalue weighted by atomic mass is 9.93. The third kappa shape index (κ3) is 3.02. The lowest BCUT2D eigenvalue weighted by Gasteiger charge is -2.27. The molecule has 1 heterocycles. The first kappa shape index (κ1) is 15.4. The number of fused-ring (bicyclic) bond motifs is 1. The van der Waals surface area contributed by atoms with E-state index in [-0.39, 0.29) is 12.7 Å². The highest BCUT2D eigenvalue weighted by molar-refractivity contribution is 5.96. The van der Waals surface area contributed by atoms with Gasteiger partial charge in [0.2, 0.25) is 6.79 Å². The summed E-state index contributed by atoms with van der Waals surface area (Å²) < 4.78 is 10.8. The molecule has 4 nitrogen and oxygen atoms in total. The third-order valence-corrected chi connectivity index (χ3v) is 4.16. The second-order valence-electron chi connectivity index (χ2n) is 6.47. The number of ether oxygens (including phenoxy) is 2. The predicted molar refractivity (Wildman–Crippen MR) is 89.0 cm³/mol. The van der Waals surface area contributed by atoms with E-state index in [2.05, 4.69) is 5.32 Å². The number of carbonyl (C=O) groups is 1. The van der Waals surface area contributed by atoms with E-state index in [0.29, 0.717) is 5.56 Å². The van der Waals surface area contributed by atoms with Crippen LogP contribution < -0.4 is 14.8 Å². The molecule has 120 valence electrons. The van der Waals surface area contributed by atoms with Crippen LogP contribution in [0.4, 0.5) is 0 Å². The molecule has 0 aromatic heterocycles. The molecule has 2 aromatic carbocycles. The zero-order chi connectivity index (χ0) is 16.6. The van der Waals surface area contributed by atoms with Crippen molar-refractivity contribution >= 4 is 5.91 Å². The second kappa shape index (κ2) is 5.61. The normalized spacial score (nSPS) is 13.0. The fourth-order valence-corrected chi connectivity index (χ4v) is 2.69. The Morgan fingerprint density at radius 3 is 2.57 bits per heavy atom. The van der Waals surface area contributed by atoms with Crippen molar-refractivity contribution in [2.75, 3.05) is 6.79 Å². The van der Waals surface area contributed by atoms with Gasteiger partial charge in [-0.05, 0) is 57.0 Å². The quantitative estimate of drug-likeness (QED) is 0.940. The highest BCUT2D eigenvalue weighted by Crippen LogP contribution is 2.35. The fraction of sp³-hybridized carbons (Fsp3) is 0.316. The topological polar surface area (TPSA) is 47.6 Å². The number of hydrogen-bond donors (Lipinski definition) is 1. The van der Waals surface area contributed by atoms with Crippen LogP contribution in [0.3, 0.4) is 0 Å². The Morgan fingerprint density at radius 2 is 1.78 bits per heavy atom. The van der Waals surface area contributed by atoms with Crippen molar-refractivity contribution in [1.29, 1.82) is 0 Å². The fourth-order valence-electron chi connectivity index (χ4n) is 2.69. The Kier molecular flexibility index (Phi) is 3.76. The van der Waals surface area contributed by atoms with Crippen LogP contribution in [-0.2, 0) is 5.54 Å². The summed E-state index contributed by atoms with van der Waals surface area (Å²) in [5.74, 6) is 1.39. The van der Waals surface area contributed by atoms with Crippen molar-refractivity contribution in [3.63, 3.8) is 0 Å². The molecule has 0 aliphatic carbocycles. The molecule has 23 heavy (non-hydrogen) atoms. The third-order valence-electron chi connectivity index (χ3n) is 4.16. The Bertz CT molecular complexity index is 765. The lowest BCUT2D eigenvalue weighted by molar-refractivity contribution is 0.0911. The molecule has 4 heteroatoms. The highest BCUT2D eigenvalue weighted by Gasteiger charge is 2.26. The summed E-state index contributed by atoms with van der Waals surface area (Å²) in [6.45, 7) is 8.14. The lowest BCUT2D eigenvalue weighted by Crippen LogP contribution is -2.41. The van der Waals surface area contributed by atoms with E-state index in [9.17, 15) is 4.79 Å². The number of nitrogens with one attached hydrogen (secondary N) is 1. The number of hydrogen-bond acceptors (Lipinski definition) is 3. The van der Waals surface area contributed by atoms with Crippen LogP contribution in [0.15, 0.2) is 36.4 Å². The first-order valence-electron chi connectivity index (χ1n) is 7.67. The van der Waals surface area contributed by atoms with E-state index in [0.717, 1.165) is 28.2 Å². The average Bonchev–Trinajstić information content (AvgIpc) is 2.96. The molecule has 0 saturated heterocycles. The van der Waals surface area contributed by atoms with Crippen LogP contribution in [0.5, 0.6) is 11.5 Å². The predicted octanol–water partition coefficient (Wildman–Crippen LogP) is 3.70. The summed E-state index contributed by atoms with van der Waals surface area (Å²) in [5.41, 5.74) is 3.20. The van der Waals surface area contributed by atoms with Crippen molar-refractivity contribution < 1.29 is 14.3 Å². The maximum Gasteiger partial charge on any atom is 0.252 e. The molecular formula is C19H21NO3. The van der Waals surface area contributed by atoms with Crippen molar-refractivity contribution in [3.05, 3.63) is 58.7 Å². The molecule has 1 aliphatic heterocycles. The molecule has 0 unspecified atom stereocenters. The van der Waals surface area contributed by atoms with Gasteiger partial charge in [-0.2, -0.15) is 0 Å². The molecule has 0 fully saturated rings. The smallest absolute Gasteiger partial charge is 0.252 e. The molecule has 3 rings (SSSR count). The van der Waals surface area contributed by atoms with E-state index < -0.39 is 5.54 Å². The van der Waals surface area contributed by atoms with Crippen molar-refractivity contribution in [2.45, 2.75) is 33.2 Å². The van der Waals surface area contributed by atoms with Crippen LogP contribution in [0.1, 0.15) is 40.9 Å². The minimum Gasteiger partial charge on any atom is -0.454 e. The van der Waals surface area contributed by atoms with Crippen molar-refractivity contribution in [1.82, 2.24) is 5.32 Å². The zero-order valence-corrected chi connectivity index (χ0v) is 13.9. The van der Waals surface area contributed by atoms with Gasteiger partial charge in [0.05, 0.1) is 5.54 Å². The minimum absolute atomic E-state index is 0.0751. The van der Waals surface area contributed by atoms with Gasteiger partial charge in [-0.3, -0.25) is 4.79 Å².